The predicted octanol–water partition coefficient (Wildman–Crippen LogP) is 1.93. The molecule has 0 bridgehead atoms. The first-order valence-electron chi connectivity index (χ1n) is 5.45. The van der Waals surface area contributed by atoms with Crippen LogP contribution in [0.2, 0.25) is 0 Å². The molecule has 2 N–H and O–H groups in total. The van der Waals surface area contributed by atoms with Crippen LogP contribution in [-0.2, 0) is 0 Å². The van der Waals surface area contributed by atoms with Gasteiger partial charge >= 0.3 is 0 Å². The minimum atomic E-state index is -0.572. The van der Waals surface area contributed by atoms with Gasteiger partial charge in [0.1, 0.15) is 0 Å². The zero-order chi connectivity index (χ0) is 9.90. The van der Waals surface area contributed by atoms with Gasteiger partial charge < -0.3 is 10.4 Å². The van der Waals surface area contributed by atoms with Gasteiger partial charge in [-0.3, -0.25) is 0 Å². The fourth-order valence-corrected chi connectivity index (χ4v) is 2.00. The Labute approximate surface area is 81.7 Å². The van der Waals surface area contributed by atoms with Crippen molar-refractivity contribution in [3.63, 3.8) is 0 Å². The third-order valence-electron chi connectivity index (χ3n) is 2.91. The van der Waals surface area contributed by atoms with Gasteiger partial charge in [-0.1, -0.05) is 19.8 Å². The van der Waals surface area contributed by atoms with Crippen molar-refractivity contribution in [1.29, 1.82) is 0 Å². The standard InChI is InChI=1S/C11H23NO/c1-9-6-4-5-7-10(9)12-8-11(2,3)13/h9-10,12-13H,4-8H2,1-3H3/t9-,10+/m1/s1. The molecule has 0 saturated heterocycles. The molecule has 0 heterocycles. The van der Waals surface area contributed by atoms with E-state index in [0.29, 0.717) is 12.6 Å². The first-order chi connectivity index (χ1) is 5.99. The van der Waals surface area contributed by atoms with Crippen LogP contribution in [0.1, 0.15) is 46.5 Å². The summed E-state index contributed by atoms with van der Waals surface area (Å²) in [6.07, 6.45) is 5.33. The Morgan fingerprint density at radius 3 is 2.46 bits per heavy atom. The van der Waals surface area contributed by atoms with E-state index in [1.54, 1.807) is 0 Å². The number of hydrogen-bond donors (Lipinski definition) is 2. The van der Waals surface area contributed by atoms with E-state index in [4.69, 9.17) is 0 Å². The molecule has 0 amide bonds. The average molecular weight is 185 g/mol. The van der Waals surface area contributed by atoms with E-state index in [1.165, 1.54) is 25.7 Å². The van der Waals surface area contributed by atoms with Crippen molar-refractivity contribution in [2.24, 2.45) is 5.92 Å². The molecule has 1 rings (SSSR count). The Kier molecular flexibility index (Phi) is 3.74. The molecule has 0 aromatic carbocycles. The SMILES string of the molecule is C[C@@H]1CCCC[C@@H]1NCC(C)(C)O. The maximum absolute atomic E-state index is 9.57. The van der Waals surface area contributed by atoms with Gasteiger partial charge in [0.15, 0.2) is 0 Å². The molecule has 0 radical (unpaired) electrons. The highest BCUT2D eigenvalue weighted by Crippen LogP contribution is 2.23. The third kappa shape index (κ3) is 4.10. The molecule has 2 heteroatoms. The van der Waals surface area contributed by atoms with E-state index in [2.05, 4.69) is 12.2 Å². The van der Waals surface area contributed by atoms with E-state index in [9.17, 15) is 5.11 Å². The first kappa shape index (κ1) is 11.0. The van der Waals surface area contributed by atoms with Crippen molar-refractivity contribution >= 4 is 0 Å². The quantitative estimate of drug-likeness (QED) is 0.704. The molecule has 13 heavy (non-hydrogen) atoms. The number of rotatable bonds is 3. The molecule has 0 aromatic rings. The zero-order valence-corrected chi connectivity index (χ0v) is 9.14. The largest absolute Gasteiger partial charge is 0.389 e. The fraction of sp³-hybridized carbons (Fsp3) is 1.00. The summed E-state index contributed by atoms with van der Waals surface area (Å²) in [6.45, 7) is 6.73. The molecule has 1 fully saturated rings. The van der Waals surface area contributed by atoms with E-state index < -0.39 is 5.60 Å². The molecular weight excluding hydrogens is 162 g/mol. The van der Waals surface area contributed by atoms with Crippen LogP contribution >= 0.6 is 0 Å². The number of hydrogen-bond acceptors (Lipinski definition) is 2. The van der Waals surface area contributed by atoms with E-state index in [0.717, 1.165) is 5.92 Å². The van der Waals surface area contributed by atoms with Gasteiger partial charge in [-0.25, -0.2) is 0 Å². The molecule has 1 aliphatic rings. The molecule has 0 aromatic heterocycles. The minimum Gasteiger partial charge on any atom is -0.389 e. The Bertz CT molecular complexity index is 151. The lowest BCUT2D eigenvalue weighted by Gasteiger charge is -2.31. The Morgan fingerprint density at radius 2 is 1.92 bits per heavy atom. The molecular formula is C11H23NO. The average Bonchev–Trinajstić information content (AvgIpc) is 2.01. The van der Waals surface area contributed by atoms with Crippen molar-refractivity contribution in [2.45, 2.75) is 58.1 Å². The lowest BCUT2D eigenvalue weighted by molar-refractivity contribution is 0.0713. The Hall–Kier alpha value is -0.0800. The summed E-state index contributed by atoms with van der Waals surface area (Å²) in [5.41, 5.74) is -0.572. The molecule has 0 aliphatic heterocycles. The van der Waals surface area contributed by atoms with Crippen molar-refractivity contribution < 1.29 is 5.11 Å². The van der Waals surface area contributed by atoms with Gasteiger partial charge in [0, 0.05) is 12.6 Å². The first-order valence-corrected chi connectivity index (χ1v) is 5.45. The van der Waals surface area contributed by atoms with E-state index in [1.807, 2.05) is 13.8 Å². The molecule has 2 atom stereocenters. The molecule has 1 saturated carbocycles. The van der Waals surface area contributed by atoms with Gasteiger partial charge in [0.25, 0.3) is 0 Å². The van der Waals surface area contributed by atoms with Crippen LogP contribution in [0.15, 0.2) is 0 Å². The van der Waals surface area contributed by atoms with Crippen molar-refractivity contribution in [3.05, 3.63) is 0 Å². The van der Waals surface area contributed by atoms with Crippen molar-refractivity contribution in [1.82, 2.24) is 5.32 Å². The number of nitrogens with one attached hydrogen (secondary N) is 1. The highest BCUT2D eigenvalue weighted by Gasteiger charge is 2.22. The lowest BCUT2D eigenvalue weighted by Crippen LogP contribution is -2.44. The van der Waals surface area contributed by atoms with Gasteiger partial charge in [-0.2, -0.15) is 0 Å². The van der Waals surface area contributed by atoms with Gasteiger partial charge in [0.2, 0.25) is 0 Å². The van der Waals surface area contributed by atoms with Crippen molar-refractivity contribution in [2.75, 3.05) is 6.54 Å². The van der Waals surface area contributed by atoms with Crippen LogP contribution in [0, 0.1) is 5.92 Å². The molecule has 2 nitrogen and oxygen atoms in total. The van der Waals surface area contributed by atoms with Gasteiger partial charge in [-0.15, -0.1) is 0 Å². The second-order valence-electron chi connectivity index (χ2n) is 5.06. The van der Waals surface area contributed by atoms with Gasteiger partial charge in [-0.05, 0) is 32.6 Å². The summed E-state index contributed by atoms with van der Waals surface area (Å²) in [6, 6.07) is 0.625. The normalized spacial score (nSPS) is 30.5. The maximum atomic E-state index is 9.57. The number of aliphatic hydroxyl groups is 1. The maximum Gasteiger partial charge on any atom is 0.0715 e. The van der Waals surface area contributed by atoms with Crippen LogP contribution in [0.5, 0.6) is 0 Å². The molecule has 0 spiro atoms. The van der Waals surface area contributed by atoms with Crippen LogP contribution < -0.4 is 5.32 Å². The summed E-state index contributed by atoms with van der Waals surface area (Å²) >= 11 is 0. The summed E-state index contributed by atoms with van der Waals surface area (Å²) in [5, 5.41) is 13.0. The smallest absolute Gasteiger partial charge is 0.0715 e. The Morgan fingerprint density at radius 1 is 1.31 bits per heavy atom. The van der Waals surface area contributed by atoms with E-state index in [-0.39, 0.29) is 0 Å². The zero-order valence-electron chi connectivity index (χ0n) is 9.14. The van der Waals surface area contributed by atoms with Crippen LogP contribution in [0.3, 0.4) is 0 Å². The summed E-state index contributed by atoms with van der Waals surface area (Å²) in [4.78, 5) is 0. The van der Waals surface area contributed by atoms with Gasteiger partial charge in [0.05, 0.1) is 5.60 Å². The minimum absolute atomic E-state index is 0.572. The summed E-state index contributed by atoms with van der Waals surface area (Å²) < 4.78 is 0. The molecule has 0 unspecified atom stereocenters. The molecule has 78 valence electrons. The van der Waals surface area contributed by atoms with Crippen LogP contribution in [0.25, 0.3) is 0 Å². The third-order valence-corrected chi connectivity index (χ3v) is 2.91. The Balaban J connectivity index is 2.27. The lowest BCUT2D eigenvalue weighted by atomic mass is 9.85. The topological polar surface area (TPSA) is 32.3 Å². The van der Waals surface area contributed by atoms with E-state index >= 15 is 0 Å². The highest BCUT2D eigenvalue weighted by atomic mass is 16.3. The monoisotopic (exact) mass is 185 g/mol. The van der Waals surface area contributed by atoms with Crippen molar-refractivity contribution in [3.8, 4) is 0 Å². The van der Waals surface area contributed by atoms with Crippen LogP contribution in [-0.4, -0.2) is 23.3 Å². The summed E-state index contributed by atoms with van der Waals surface area (Å²) in [7, 11) is 0. The van der Waals surface area contributed by atoms with Crippen LogP contribution in [0.4, 0.5) is 0 Å². The second-order valence-corrected chi connectivity index (χ2v) is 5.06. The predicted molar refractivity (Wildman–Crippen MR) is 55.7 cm³/mol. The second kappa shape index (κ2) is 4.43. The highest BCUT2D eigenvalue weighted by molar-refractivity contribution is 4.80. The summed E-state index contributed by atoms with van der Waals surface area (Å²) in [5.74, 6) is 0.774. The molecule has 1 aliphatic carbocycles. The fourth-order valence-electron chi connectivity index (χ4n) is 2.00.